The van der Waals surface area contributed by atoms with Crippen molar-refractivity contribution >= 4 is 13.1 Å². The summed E-state index contributed by atoms with van der Waals surface area (Å²) in [4.78, 5) is 13.6. The number of likely N-dealkylation sites (tertiary alicyclic amines) is 1. The van der Waals surface area contributed by atoms with Crippen molar-refractivity contribution in [1.29, 1.82) is 0 Å². The summed E-state index contributed by atoms with van der Waals surface area (Å²) in [7, 11) is -0.765. The molecule has 2 rings (SSSR count). The third kappa shape index (κ3) is 5.19. The van der Waals surface area contributed by atoms with Crippen LogP contribution in [0.3, 0.4) is 0 Å². The van der Waals surface area contributed by atoms with Crippen molar-refractivity contribution in [3.8, 4) is 0 Å². The minimum Gasteiger partial charge on any atom is -0.445 e. The van der Waals surface area contributed by atoms with Gasteiger partial charge in [-0.15, -0.1) is 0 Å². The quantitative estimate of drug-likeness (QED) is 0.683. The summed E-state index contributed by atoms with van der Waals surface area (Å²) in [6.45, 7) is 3.08. The van der Waals surface area contributed by atoms with Crippen LogP contribution in [0.25, 0.3) is 0 Å². The van der Waals surface area contributed by atoms with Crippen LogP contribution in [-0.2, 0) is 11.3 Å². The van der Waals surface area contributed by atoms with E-state index in [1.54, 1.807) is 11.7 Å². The van der Waals surface area contributed by atoms with E-state index in [0.717, 1.165) is 18.4 Å². The molecular formula is C14H20BN3O3. The number of benzene rings is 1. The van der Waals surface area contributed by atoms with E-state index < -0.39 is 7.05 Å². The summed E-state index contributed by atoms with van der Waals surface area (Å²) in [6.07, 6.45) is 1.21. The van der Waals surface area contributed by atoms with Crippen LogP contribution in [-0.4, -0.2) is 42.2 Å². The zero-order valence-electron chi connectivity index (χ0n) is 12.2. The topological polar surface area (TPSA) is 74.5 Å². The first-order valence-electron chi connectivity index (χ1n) is 7.19. The van der Waals surface area contributed by atoms with Crippen LogP contribution in [0, 0.1) is 0 Å². The maximum absolute atomic E-state index is 12.0. The summed E-state index contributed by atoms with van der Waals surface area (Å²) in [5, 5.41) is 16.9. The van der Waals surface area contributed by atoms with Crippen molar-refractivity contribution < 1.29 is 14.6 Å². The maximum Gasteiger partial charge on any atom is 0.450 e. The van der Waals surface area contributed by atoms with E-state index in [0.29, 0.717) is 19.7 Å². The van der Waals surface area contributed by atoms with Gasteiger partial charge < -0.3 is 14.7 Å². The lowest BCUT2D eigenvalue weighted by Crippen LogP contribution is -2.39. The highest BCUT2D eigenvalue weighted by molar-refractivity contribution is 6.45. The predicted octanol–water partition coefficient (Wildman–Crippen LogP) is 2.35. The first-order chi connectivity index (χ1) is 10.1. The molecule has 7 heteroatoms. The fourth-order valence-electron chi connectivity index (χ4n) is 2.17. The monoisotopic (exact) mass is 289 g/mol. The van der Waals surface area contributed by atoms with Crippen molar-refractivity contribution in [2.24, 2.45) is 10.1 Å². The van der Waals surface area contributed by atoms with Crippen LogP contribution in [0.1, 0.15) is 18.4 Å². The summed E-state index contributed by atoms with van der Waals surface area (Å²) < 4.78 is 5.29. The van der Waals surface area contributed by atoms with Crippen LogP contribution in [0.15, 0.2) is 40.5 Å². The maximum atomic E-state index is 12.0. The minimum atomic E-state index is -0.765. The molecule has 112 valence electrons. The number of rotatable bonds is 4. The van der Waals surface area contributed by atoms with Gasteiger partial charge in [0.05, 0.1) is 6.04 Å². The van der Waals surface area contributed by atoms with E-state index in [1.807, 2.05) is 30.3 Å². The number of carbonyl (C=O) groups excluding carboxylic acids is 1. The van der Waals surface area contributed by atoms with Gasteiger partial charge >= 0.3 is 13.1 Å². The van der Waals surface area contributed by atoms with Gasteiger partial charge in [0.25, 0.3) is 0 Å². The molecule has 1 N–H and O–H groups in total. The van der Waals surface area contributed by atoms with E-state index >= 15 is 0 Å². The van der Waals surface area contributed by atoms with Gasteiger partial charge in [0, 0.05) is 13.1 Å². The smallest absolute Gasteiger partial charge is 0.445 e. The predicted molar refractivity (Wildman–Crippen MR) is 79.9 cm³/mol. The SMILES string of the molecule is CB(O)N=NC1CCN(C(=O)OCc2ccccc2)CC1. The number of nitrogens with zero attached hydrogens (tertiary/aromatic N) is 3. The molecule has 1 aliphatic heterocycles. The lowest BCUT2D eigenvalue weighted by atomic mass is 9.92. The largest absolute Gasteiger partial charge is 0.450 e. The summed E-state index contributed by atoms with van der Waals surface area (Å²) >= 11 is 0. The second-order valence-electron chi connectivity index (χ2n) is 5.12. The number of carbonyl (C=O) groups is 1. The highest BCUT2D eigenvalue weighted by atomic mass is 16.6. The number of hydrogen-bond acceptors (Lipinski definition) is 5. The van der Waals surface area contributed by atoms with Crippen molar-refractivity contribution in [3.63, 3.8) is 0 Å². The zero-order valence-corrected chi connectivity index (χ0v) is 12.2. The fraction of sp³-hybridized carbons (Fsp3) is 0.500. The normalized spacial score (nSPS) is 16.2. The molecule has 0 aliphatic carbocycles. The molecule has 21 heavy (non-hydrogen) atoms. The summed E-state index contributed by atoms with van der Waals surface area (Å²) in [5.41, 5.74) is 0.978. The van der Waals surface area contributed by atoms with Crippen LogP contribution in [0.5, 0.6) is 0 Å². The molecule has 0 radical (unpaired) electrons. The Labute approximate surface area is 125 Å². The summed E-state index contributed by atoms with van der Waals surface area (Å²) in [6, 6.07) is 9.70. The molecule has 1 saturated heterocycles. The van der Waals surface area contributed by atoms with Crippen LogP contribution in [0.4, 0.5) is 4.79 Å². The van der Waals surface area contributed by atoms with E-state index in [2.05, 4.69) is 10.1 Å². The molecular weight excluding hydrogens is 269 g/mol. The molecule has 0 bridgehead atoms. The van der Waals surface area contributed by atoms with Gasteiger partial charge in [0.15, 0.2) is 0 Å². The van der Waals surface area contributed by atoms with E-state index in [1.165, 1.54) is 0 Å². The lowest BCUT2D eigenvalue weighted by Gasteiger charge is -2.29. The molecule has 0 saturated carbocycles. The Kier molecular flexibility index (Phi) is 5.74. The molecule has 1 aromatic rings. The Bertz CT molecular complexity index is 474. The molecule has 0 spiro atoms. The van der Waals surface area contributed by atoms with Crippen molar-refractivity contribution in [2.75, 3.05) is 13.1 Å². The van der Waals surface area contributed by atoms with Gasteiger partial charge in [-0.2, -0.15) is 0 Å². The van der Waals surface area contributed by atoms with E-state index in [4.69, 9.17) is 9.76 Å². The molecule has 1 aliphatic rings. The average Bonchev–Trinajstić information content (AvgIpc) is 2.52. The Morgan fingerprint density at radius 2 is 2.05 bits per heavy atom. The van der Waals surface area contributed by atoms with Crippen LogP contribution >= 0.6 is 0 Å². The molecule has 1 fully saturated rings. The van der Waals surface area contributed by atoms with Gasteiger partial charge in [-0.3, -0.25) is 0 Å². The van der Waals surface area contributed by atoms with E-state index in [-0.39, 0.29) is 12.1 Å². The van der Waals surface area contributed by atoms with E-state index in [9.17, 15) is 4.79 Å². The Morgan fingerprint density at radius 3 is 2.67 bits per heavy atom. The molecule has 0 atom stereocenters. The van der Waals surface area contributed by atoms with Gasteiger partial charge in [-0.25, -0.2) is 14.9 Å². The molecule has 0 aromatic heterocycles. The molecule has 6 nitrogen and oxygen atoms in total. The Hall–Kier alpha value is -1.89. The van der Waals surface area contributed by atoms with Gasteiger partial charge in [0.1, 0.15) is 6.61 Å². The van der Waals surface area contributed by atoms with Crippen molar-refractivity contribution in [2.45, 2.75) is 32.3 Å². The van der Waals surface area contributed by atoms with Crippen LogP contribution < -0.4 is 0 Å². The van der Waals surface area contributed by atoms with Gasteiger partial charge in [-0.05, 0) is 25.2 Å². The third-order valence-electron chi connectivity index (χ3n) is 3.32. The van der Waals surface area contributed by atoms with Crippen molar-refractivity contribution in [3.05, 3.63) is 35.9 Å². The molecule has 1 heterocycles. The van der Waals surface area contributed by atoms with Crippen LogP contribution in [0.2, 0.25) is 6.82 Å². The summed E-state index contributed by atoms with van der Waals surface area (Å²) in [5.74, 6) is 0. The second-order valence-corrected chi connectivity index (χ2v) is 5.12. The first-order valence-corrected chi connectivity index (χ1v) is 7.19. The molecule has 1 amide bonds. The third-order valence-corrected chi connectivity index (χ3v) is 3.32. The standard InChI is InChI=1S/C14H20BN3O3/c1-15(20)17-16-13-7-9-18(10-8-13)14(19)21-11-12-5-3-2-4-6-12/h2-6,13,20H,7-11H2,1H3. The highest BCUT2D eigenvalue weighted by Gasteiger charge is 2.23. The number of hydrogen-bond donors (Lipinski definition) is 1. The lowest BCUT2D eigenvalue weighted by molar-refractivity contribution is 0.0871. The van der Waals surface area contributed by atoms with Gasteiger partial charge in [0.2, 0.25) is 0 Å². The van der Waals surface area contributed by atoms with Gasteiger partial charge in [-0.1, -0.05) is 30.3 Å². The zero-order chi connectivity index (χ0) is 15.1. The molecule has 1 aromatic carbocycles. The number of piperidine rings is 1. The number of amides is 1. The van der Waals surface area contributed by atoms with Crippen molar-refractivity contribution in [1.82, 2.24) is 4.90 Å². The first kappa shape index (κ1) is 15.5. The Balaban J connectivity index is 1.73. The second kappa shape index (κ2) is 7.78. The highest BCUT2D eigenvalue weighted by Crippen LogP contribution is 2.15. The Morgan fingerprint density at radius 1 is 1.38 bits per heavy atom. The number of ether oxygens (including phenoxy) is 1. The average molecular weight is 289 g/mol. The minimum absolute atomic E-state index is 0.0813. The fourth-order valence-corrected chi connectivity index (χ4v) is 2.17. The molecule has 0 unspecified atom stereocenters.